The lowest BCUT2D eigenvalue weighted by Gasteiger charge is -2.16. The molecule has 2 nitrogen and oxygen atoms in total. The van der Waals surface area contributed by atoms with Crippen molar-refractivity contribution in [2.45, 2.75) is 26.3 Å². The second-order valence-electron chi connectivity index (χ2n) is 4.79. The van der Waals surface area contributed by atoms with Crippen molar-refractivity contribution in [2.24, 2.45) is 0 Å². The van der Waals surface area contributed by atoms with Gasteiger partial charge in [-0.1, -0.05) is 29.8 Å². The molecule has 0 fully saturated rings. The molecule has 0 radical (unpaired) electrons. The van der Waals surface area contributed by atoms with Crippen molar-refractivity contribution in [3.63, 3.8) is 0 Å². The van der Waals surface area contributed by atoms with Crippen LogP contribution in [0.15, 0.2) is 42.6 Å². The Hall–Kier alpha value is -1.67. The van der Waals surface area contributed by atoms with E-state index in [-0.39, 0.29) is 6.04 Å². The molecule has 1 aromatic carbocycles. The summed E-state index contributed by atoms with van der Waals surface area (Å²) in [5, 5.41) is 3.35. The molecule has 1 unspecified atom stereocenters. The molecule has 18 heavy (non-hydrogen) atoms. The van der Waals surface area contributed by atoms with E-state index >= 15 is 0 Å². The molecule has 0 saturated heterocycles. The van der Waals surface area contributed by atoms with E-state index < -0.39 is 0 Å². The first-order valence-corrected chi connectivity index (χ1v) is 6.34. The third kappa shape index (κ3) is 3.17. The molecule has 2 aromatic rings. The molecule has 0 spiro atoms. The molecule has 1 heterocycles. The Morgan fingerprint density at radius 1 is 1.06 bits per heavy atom. The lowest BCUT2D eigenvalue weighted by Crippen LogP contribution is -2.20. The SMILES string of the molecule is CNC(Cc1ccc(C)cc1)c1cc(C)ccn1. The monoisotopic (exact) mass is 240 g/mol. The predicted molar refractivity (Wildman–Crippen MR) is 75.7 cm³/mol. The Kier molecular flexibility index (Phi) is 4.11. The zero-order valence-corrected chi connectivity index (χ0v) is 11.3. The molecule has 94 valence electrons. The average molecular weight is 240 g/mol. The van der Waals surface area contributed by atoms with Crippen LogP contribution in [0.4, 0.5) is 0 Å². The Morgan fingerprint density at radius 2 is 1.78 bits per heavy atom. The first-order valence-electron chi connectivity index (χ1n) is 6.34. The Balaban J connectivity index is 2.17. The molecule has 1 N–H and O–H groups in total. The van der Waals surface area contributed by atoms with Gasteiger partial charge in [-0.05, 0) is 50.6 Å². The smallest absolute Gasteiger partial charge is 0.0579 e. The van der Waals surface area contributed by atoms with Crippen LogP contribution in [-0.2, 0) is 6.42 Å². The van der Waals surface area contributed by atoms with Gasteiger partial charge in [-0.15, -0.1) is 0 Å². The van der Waals surface area contributed by atoms with E-state index in [4.69, 9.17) is 0 Å². The van der Waals surface area contributed by atoms with E-state index in [0.29, 0.717) is 0 Å². The fourth-order valence-electron chi connectivity index (χ4n) is 2.06. The van der Waals surface area contributed by atoms with Gasteiger partial charge in [-0.3, -0.25) is 4.98 Å². The van der Waals surface area contributed by atoms with Gasteiger partial charge in [0.15, 0.2) is 0 Å². The number of hydrogen-bond donors (Lipinski definition) is 1. The number of aryl methyl sites for hydroxylation is 2. The van der Waals surface area contributed by atoms with Gasteiger partial charge in [0, 0.05) is 6.20 Å². The van der Waals surface area contributed by atoms with E-state index in [0.717, 1.165) is 12.1 Å². The molecule has 0 amide bonds. The summed E-state index contributed by atoms with van der Waals surface area (Å²) in [6.45, 7) is 4.21. The first-order chi connectivity index (χ1) is 8.69. The number of rotatable bonds is 4. The molecule has 0 aliphatic heterocycles. The van der Waals surface area contributed by atoms with Crippen molar-refractivity contribution in [1.82, 2.24) is 10.3 Å². The Labute approximate surface area is 109 Å². The summed E-state index contributed by atoms with van der Waals surface area (Å²) in [7, 11) is 1.99. The van der Waals surface area contributed by atoms with Gasteiger partial charge in [-0.2, -0.15) is 0 Å². The van der Waals surface area contributed by atoms with Gasteiger partial charge < -0.3 is 5.32 Å². The van der Waals surface area contributed by atoms with Crippen molar-refractivity contribution >= 4 is 0 Å². The molecular formula is C16H20N2. The van der Waals surface area contributed by atoms with E-state index in [1.807, 2.05) is 19.3 Å². The summed E-state index contributed by atoms with van der Waals surface area (Å²) in [6, 6.07) is 13.1. The molecule has 1 atom stereocenters. The van der Waals surface area contributed by atoms with Crippen LogP contribution >= 0.6 is 0 Å². The predicted octanol–water partition coefficient (Wildman–Crippen LogP) is 3.20. The number of nitrogens with one attached hydrogen (secondary N) is 1. The maximum absolute atomic E-state index is 4.46. The topological polar surface area (TPSA) is 24.9 Å². The molecule has 2 heteroatoms. The number of benzene rings is 1. The highest BCUT2D eigenvalue weighted by Crippen LogP contribution is 2.17. The third-order valence-corrected chi connectivity index (χ3v) is 3.20. The lowest BCUT2D eigenvalue weighted by atomic mass is 10.0. The number of nitrogens with zero attached hydrogens (tertiary/aromatic N) is 1. The number of likely N-dealkylation sites (N-methyl/N-ethyl adjacent to an activating group) is 1. The van der Waals surface area contributed by atoms with Crippen LogP contribution < -0.4 is 5.32 Å². The molecule has 2 rings (SSSR count). The summed E-state index contributed by atoms with van der Waals surface area (Å²) in [6.07, 6.45) is 2.84. The molecular weight excluding hydrogens is 220 g/mol. The molecule has 0 aliphatic rings. The number of aromatic nitrogens is 1. The van der Waals surface area contributed by atoms with Crippen LogP contribution in [0.3, 0.4) is 0 Å². The highest BCUT2D eigenvalue weighted by molar-refractivity contribution is 5.24. The minimum absolute atomic E-state index is 0.271. The number of pyridine rings is 1. The minimum atomic E-state index is 0.271. The molecule has 0 saturated carbocycles. The van der Waals surface area contributed by atoms with Crippen molar-refractivity contribution in [3.8, 4) is 0 Å². The van der Waals surface area contributed by atoms with Gasteiger partial charge in [0.1, 0.15) is 0 Å². The lowest BCUT2D eigenvalue weighted by molar-refractivity contribution is 0.575. The van der Waals surface area contributed by atoms with E-state index in [1.54, 1.807) is 0 Å². The summed E-state index contributed by atoms with van der Waals surface area (Å²) in [4.78, 5) is 4.46. The number of hydrogen-bond acceptors (Lipinski definition) is 2. The van der Waals surface area contributed by atoms with Crippen LogP contribution in [0.1, 0.15) is 28.4 Å². The fourth-order valence-corrected chi connectivity index (χ4v) is 2.06. The molecule has 0 bridgehead atoms. The Bertz CT molecular complexity index is 503. The maximum Gasteiger partial charge on any atom is 0.0579 e. The van der Waals surface area contributed by atoms with Crippen LogP contribution in [0.25, 0.3) is 0 Å². The maximum atomic E-state index is 4.46. The standard InChI is InChI=1S/C16H20N2/c1-12-4-6-14(7-5-12)11-15(17-3)16-10-13(2)8-9-18-16/h4-10,15,17H,11H2,1-3H3. The zero-order valence-electron chi connectivity index (χ0n) is 11.3. The van der Waals surface area contributed by atoms with Crippen molar-refractivity contribution in [3.05, 3.63) is 65.0 Å². The second kappa shape index (κ2) is 5.78. The molecule has 1 aromatic heterocycles. The quantitative estimate of drug-likeness (QED) is 0.887. The largest absolute Gasteiger partial charge is 0.311 e. The van der Waals surface area contributed by atoms with E-state index in [9.17, 15) is 0 Å². The van der Waals surface area contributed by atoms with Crippen molar-refractivity contribution < 1.29 is 0 Å². The van der Waals surface area contributed by atoms with Crippen molar-refractivity contribution in [1.29, 1.82) is 0 Å². The zero-order chi connectivity index (χ0) is 13.0. The average Bonchev–Trinajstić information content (AvgIpc) is 2.38. The van der Waals surface area contributed by atoms with Gasteiger partial charge in [0.2, 0.25) is 0 Å². The van der Waals surface area contributed by atoms with Crippen LogP contribution in [0, 0.1) is 13.8 Å². The second-order valence-corrected chi connectivity index (χ2v) is 4.79. The highest BCUT2D eigenvalue weighted by Gasteiger charge is 2.11. The highest BCUT2D eigenvalue weighted by atomic mass is 14.9. The van der Waals surface area contributed by atoms with Gasteiger partial charge in [-0.25, -0.2) is 0 Å². The third-order valence-electron chi connectivity index (χ3n) is 3.20. The van der Waals surface area contributed by atoms with Gasteiger partial charge in [0.25, 0.3) is 0 Å². The summed E-state index contributed by atoms with van der Waals surface area (Å²) in [5.41, 5.74) is 5.00. The van der Waals surface area contributed by atoms with E-state index in [2.05, 4.69) is 54.5 Å². The van der Waals surface area contributed by atoms with Gasteiger partial charge in [0.05, 0.1) is 11.7 Å². The normalized spacial score (nSPS) is 12.4. The fraction of sp³-hybridized carbons (Fsp3) is 0.312. The van der Waals surface area contributed by atoms with Crippen molar-refractivity contribution in [2.75, 3.05) is 7.05 Å². The van der Waals surface area contributed by atoms with E-state index in [1.165, 1.54) is 16.7 Å². The van der Waals surface area contributed by atoms with Crippen LogP contribution in [0.2, 0.25) is 0 Å². The van der Waals surface area contributed by atoms with Crippen LogP contribution in [0.5, 0.6) is 0 Å². The first kappa shape index (κ1) is 12.8. The summed E-state index contributed by atoms with van der Waals surface area (Å²) < 4.78 is 0. The summed E-state index contributed by atoms with van der Waals surface area (Å²) in [5.74, 6) is 0. The van der Waals surface area contributed by atoms with Crippen LogP contribution in [-0.4, -0.2) is 12.0 Å². The summed E-state index contributed by atoms with van der Waals surface area (Å²) >= 11 is 0. The van der Waals surface area contributed by atoms with Gasteiger partial charge >= 0.3 is 0 Å². The minimum Gasteiger partial charge on any atom is -0.311 e. The molecule has 0 aliphatic carbocycles. The Morgan fingerprint density at radius 3 is 2.39 bits per heavy atom.